The minimum atomic E-state index is -4.36. The van der Waals surface area contributed by atoms with Crippen LogP contribution >= 0.6 is 24.0 Å². The maximum atomic E-state index is 12.0. The summed E-state index contributed by atoms with van der Waals surface area (Å²) in [4.78, 5) is 7.87. The van der Waals surface area contributed by atoms with E-state index in [0.29, 0.717) is 12.5 Å². The Morgan fingerprint density at radius 2 is 2.05 bits per heavy atom. The van der Waals surface area contributed by atoms with Crippen molar-refractivity contribution in [1.29, 1.82) is 0 Å². The summed E-state index contributed by atoms with van der Waals surface area (Å²) < 4.78 is 40.5. The molecule has 1 aromatic heterocycles. The van der Waals surface area contributed by atoms with Crippen molar-refractivity contribution >= 4 is 29.9 Å². The van der Waals surface area contributed by atoms with E-state index in [4.69, 9.17) is 0 Å². The minimum absolute atomic E-state index is 0. The average Bonchev–Trinajstić information content (AvgIpc) is 2.41. The molecule has 1 rings (SSSR count). The Kier molecular flexibility index (Phi) is 9.14. The van der Waals surface area contributed by atoms with Gasteiger partial charge in [0.2, 0.25) is 5.88 Å². The minimum Gasteiger partial charge on any atom is -0.468 e. The van der Waals surface area contributed by atoms with E-state index >= 15 is 0 Å². The molecule has 5 nitrogen and oxygen atoms in total. The Morgan fingerprint density at radius 1 is 1.36 bits per heavy atom. The van der Waals surface area contributed by atoms with E-state index in [0.717, 1.165) is 5.56 Å². The van der Waals surface area contributed by atoms with Crippen LogP contribution in [0.4, 0.5) is 13.2 Å². The molecule has 0 saturated carbocycles. The van der Waals surface area contributed by atoms with Gasteiger partial charge in [-0.1, -0.05) is 6.07 Å². The number of aromatic nitrogens is 1. The summed E-state index contributed by atoms with van der Waals surface area (Å²) in [6.07, 6.45) is -2.90. The number of aliphatic imine (C=N–C) groups is 1. The van der Waals surface area contributed by atoms with Crippen LogP contribution in [-0.2, 0) is 6.54 Å². The van der Waals surface area contributed by atoms with Gasteiger partial charge in [-0.2, -0.15) is 13.2 Å². The van der Waals surface area contributed by atoms with Crippen LogP contribution in [0.1, 0.15) is 19.4 Å². The van der Waals surface area contributed by atoms with Gasteiger partial charge in [0.15, 0.2) is 12.6 Å². The fourth-order valence-corrected chi connectivity index (χ4v) is 1.41. The van der Waals surface area contributed by atoms with Crippen LogP contribution in [-0.4, -0.2) is 36.8 Å². The van der Waals surface area contributed by atoms with Crippen molar-refractivity contribution in [2.45, 2.75) is 32.6 Å². The summed E-state index contributed by atoms with van der Waals surface area (Å²) in [5.74, 6) is 0.586. The third-order valence-corrected chi connectivity index (χ3v) is 2.29. The first kappa shape index (κ1) is 20.7. The van der Waals surface area contributed by atoms with E-state index < -0.39 is 12.8 Å². The fraction of sp³-hybridized carbons (Fsp3) is 0.538. The Labute approximate surface area is 144 Å². The number of hydrogen-bond acceptors (Lipinski definition) is 3. The Morgan fingerprint density at radius 3 is 2.50 bits per heavy atom. The smallest absolute Gasteiger partial charge is 0.422 e. The van der Waals surface area contributed by atoms with E-state index in [2.05, 4.69) is 25.3 Å². The van der Waals surface area contributed by atoms with Gasteiger partial charge in [-0.3, -0.25) is 4.99 Å². The number of halogens is 4. The molecule has 0 amide bonds. The summed E-state index contributed by atoms with van der Waals surface area (Å²) in [7, 11) is 1.66. The van der Waals surface area contributed by atoms with E-state index in [9.17, 15) is 13.2 Å². The molecule has 0 unspecified atom stereocenters. The van der Waals surface area contributed by atoms with Crippen molar-refractivity contribution in [3.63, 3.8) is 0 Å². The number of rotatable bonds is 5. The maximum Gasteiger partial charge on any atom is 0.422 e. The molecule has 0 atom stereocenters. The van der Waals surface area contributed by atoms with Crippen LogP contribution in [0.2, 0.25) is 0 Å². The number of nitrogens with one attached hydrogen (secondary N) is 2. The molecule has 0 aliphatic heterocycles. The fourth-order valence-electron chi connectivity index (χ4n) is 1.41. The summed E-state index contributed by atoms with van der Waals surface area (Å²) in [6.45, 7) is 3.09. The molecule has 0 aliphatic rings. The molecule has 0 fully saturated rings. The van der Waals surface area contributed by atoms with Crippen molar-refractivity contribution in [3.8, 4) is 5.88 Å². The molecule has 0 radical (unpaired) electrons. The van der Waals surface area contributed by atoms with Crippen LogP contribution < -0.4 is 15.4 Å². The Balaban J connectivity index is 0.00000441. The van der Waals surface area contributed by atoms with Crippen molar-refractivity contribution in [3.05, 3.63) is 23.9 Å². The summed E-state index contributed by atoms with van der Waals surface area (Å²) >= 11 is 0. The number of nitrogens with zero attached hydrogens (tertiary/aromatic N) is 2. The first-order chi connectivity index (χ1) is 9.80. The highest BCUT2D eigenvalue weighted by atomic mass is 127. The molecular weight excluding hydrogens is 412 g/mol. The molecule has 0 bridgehead atoms. The van der Waals surface area contributed by atoms with E-state index in [1.54, 1.807) is 13.1 Å². The van der Waals surface area contributed by atoms with Gasteiger partial charge in [0.05, 0.1) is 0 Å². The summed E-state index contributed by atoms with van der Waals surface area (Å²) in [5.41, 5.74) is 0.807. The predicted octanol–water partition coefficient (Wildman–Crippen LogP) is 2.71. The topological polar surface area (TPSA) is 58.5 Å². The highest BCUT2D eigenvalue weighted by Crippen LogP contribution is 2.16. The van der Waals surface area contributed by atoms with Crippen LogP contribution in [0, 0.1) is 0 Å². The second kappa shape index (κ2) is 9.70. The number of guanidine groups is 1. The monoisotopic (exact) mass is 432 g/mol. The molecule has 1 heterocycles. The lowest BCUT2D eigenvalue weighted by Crippen LogP contribution is -2.40. The van der Waals surface area contributed by atoms with Gasteiger partial charge in [-0.15, -0.1) is 24.0 Å². The number of alkyl halides is 3. The molecule has 1 aromatic rings. The SMILES string of the molecule is CN=C(NCc1ccc(OCC(F)(F)F)nc1)NC(C)C.I. The van der Waals surface area contributed by atoms with Crippen LogP contribution in [0.3, 0.4) is 0 Å². The van der Waals surface area contributed by atoms with Gasteiger partial charge in [-0.25, -0.2) is 4.98 Å². The standard InChI is InChI=1S/C13H19F3N4O.HI/c1-9(2)20-12(17-3)19-7-10-4-5-11(18-6-10)21-8-13(14,15)16;/h4-6,9H,7-8H2,1-3H3,(H2,17,19,20);1H. The molecule has 22 heavy (non-hydrogen) atoms. The first-order valence-electron chi connectivity index (χ1n) is 6.42. The zero-order valence-electron chi connectivity index (χ0n) is 12.6. The van der Waals surface area contributed by atoms with Crippen molar-refractivity contribution in [2.75, 3.05) is 13.7 Å². The zero-order valence-corrected chi connectivity index (χ0v) is 14.9. The molecule has 9 heteroatoms. The van der Waals surface area contributed by atoms with Gasteiger partial charge < -0.3 is 15.4 Å². The number of pyridine rings is 1. The van der Waals surface area contributed by atoms with Crippen molar-refractivity contribution in [2.24, 2.45) is 4.99 Å². The lowest BCUT2D eigenvalue weighted by atomic mass is 10.3. The van der Waals surface area contributed by atoms with Gasteiger partial charge in [0.1, 0.15) is 0 Å². The lowest BCUT2D eigenvalue weighted by Gasteiger charge is -2.14. The average molecular weight is 432 g/mol. The maximum absolute atomic E-state index is 12.0. The largest absolute Gasteiger partial charge is 0.468 e. The second-order valence-electron chi connectivity index (χ2n) is 4.63. The molecular formula is C13H20F3IN4O. The highest BCUT2D eigenvalue weighted by molar-refractivity contribution is 14.0. The van der Waals surface area contributed by atoms with E-state index in [-0.39, 0.29) is 35.9 Å². The zero-order chi connectivity index (χ0) is 15.9. The molecule has 126 valence electrons. The quantitative estimate of drug-likeness (QED) is 0.427. The Hall–Kier alpha value is -1.26. The lowest BCUT2D eigenvalue weighted by molar-refractivity contribution is -0.154. The molecule has 0 aliphatic carbocycles. The van der Waals surface area contributed by atoms with Crippen molar-refractivity contribution < 1.29 is 17.9 Å². The van der Waals surface area contributed by atoms with Gasteiger partial charge in [0.25, 0.3) is 0 Å². The molecule has 0 saturated heterocycles. The Bertz CT molecular complexity index is 463. The van der Waals surface area contributed by atoms with Crippen molar-refractivity contribution in [1.82, 2.24) is 15.6 Å². The van der Waals surface area contributed by atoms with E-state index in [1.807, 2.05) is 13.8 Å². The highest BCUT2D eigenvalue weighted by Gasteiger charge is 2.28. The van der Waals surface area contributed by atoms with E-state index in [1.165, 1.54) is 12.3 Å². The predicted molar refractivity (Wildman–Crippen MR) is 89.7 cm³/mol. The summed E-state index contributed by atoms with van der Waals surface area (Å²) in [6, 6.07) is 3.29. The second-order valence-corrected chi connectivity index (χ2v) is 4.63. The summed E-state index contributed by atoms with van der Waals surface area (Å²) in [5, 5.41) is 6.19. The third kappa shape index (κ3) is 8.90. The van der Waals surface area contributed by atoms with Crippen LogP contribution in [0.5, 0.6) is 5.88 Å². The number of hydrogen-bond donors (Lipinski definition) is 2. The first-order valence-corrected chi connectivity index (χ1v) is 6.42. The van der Waals surface area contributed by atoms with Crippen LogP contribution in [0.25, 0.3) is 0 Å². The van der Waals surface area contributed by atoms with Crippen LogP contribution in [0.15, 0.2) is 23.3 Å². The van der Waals surface area contributed by atoms with Gasteiger partial charge in [0, 0.05) is 31.9 Å². The third-order valence-electron chi connectivity index (χ3n) is 2.29. The molecule has 0 aromatic carbocycles. The normalized spacial score (nSPS) is 11.9. The molecule has 2 N–H and O–H groups in total. The number of ether oxygens (including phenoxy) is 1. The van der Waals surface area contributed by atoms with Gasteiger partial charge >= 0.3 is 6.18 Å². The molecule has 0 spiro atoms. The van der Waals surface area contributed by atoms with Gasteiger partial charge in [-0.05, 0) is 19.4 Å².